The summed E-state index contributed by atoms with van der Waals surface area (Å²) < 4.78 is 0. The van der Waals surface area contributed by atoms with E-state index in [-0.39, 0.29) is 42.4 Å². The number of amidine groups is 1. The molecule has 0 radical (unpaired) electrons. The maximum atomic E-state index is 13.0. The molecule has 8 nitrogen and oxygen atoms in total. The van der Waals surface area contributed by atoms with Crippen LogP contribution in [0.5, 0.6) is 0 Å². The Bertz CT molecular complexity index is 2040. The van der Waals surface area contributed by atoms with E-state index in [9.17, 15) is 9.59 Å². The second kappa shape index (κ2) is 17.1. The number of para-hydroxylation sites is 2. The summed E-state index contributed by atoms with van der Waals surface area (Å²) in [5, 5.41) is 4.29. The van der Waals surface area contributed by atoms with E-state index < -0.39 is 0 Å². The molecule has 2 heterocycles. The number of carbonyl (C=O) groups is 2. The predicted molar refractivity (Wildman–Crippen MR) is 213 cm³/mol. The maximum Gasteiger partial charge on any atom is 0.249 e. The van der Waals surface area contributed by atoms with Gasteiger partial charge in [-0.05, 0) is 67.5 Å². The number of amides is 2. The van der Waals surface area contributed by atoms with Crippen LogP contribution in [0.25, 0.3) is 28.0 Å². The third-order valence-electron chi connectivity index (χ3n) is 8.80. The van der Waals surface area contributed by atoms with Gasteiger partial charge in [-0.2, -0.15) is 0 Å². The van der Waals surface area contributed by atoms with Crippen LogP contribution in [0.3, 0.4) is 0 Å². The van der Waals surface area contributed by atoms with Crippen LogP contribution in [0.1, 0.15) is 72.2 Å². The molecule has 2 amide bonds. The summed E-state index contributed by atoms with van der Waals surface area (Å²) in [7, 11) is 0. The molecule has 5 aromatic rings. The number of carbonyl (C=O) groups excluding carboxylic acids is 2. The molecule has 0 bridgehead atoms. The van der Waals surface area contributed by atoms with Crippen LogP contribution in [-0.4, -0.2) is 61.6 Å². The topological polar surface area (TPSA) is 90.8 Å². The first kappa shape index (κ1) is 37.6. The molecule has 0 saturated carbocycles. The third kappa shape index (κ3) is 8.99. The van der Waals surface area contributed by atoms with Gasteiger partial charge in [-0.3, -0.25) is 9.59 Å². The average molecular weight is 695 g/mol. The Balaban J connectivity index is 0.000000201. The smallest absolute Gasteiger partial charge is 0.249 e. The van der Waals surface area contributed by atoms with Crippen LogP contribution < -0.4 is 5.32 Å². The average Bonchev–Trinajstić information content (AvgIpc) is 3.12. The van der Waals surface area contributed by atoms with Crippen LogP contribution in [0, 0.1) is 0 Å². The molecule has 0 unspecified atom stereocenters. The normalized spacial score (nSPS) is 13.1. The van der Waals surface area contributed by atoms with Crippen molar-refractivity contribution in [3.8, 4) is 11.4 Å². The number of hydrogen-bond donors (Lipinski definition) is 1. The molecule has 1 aliphatic heterocycles. The Morgan fingerprint density at radius 2 is 1.17 bits per heavy atom. The molecule has 0 spiro atoms. The zero-order chi connectivity index (χ0) is 37.4. The standard InChI is InChI=1S/2C22H25N3O/c2*1-15(2)25(16(3)4)21(26)14-20-18-12-8-9-13-19(18)23-22(24-20)17-10-6-5-7-11-17/h5-13,15-16H,14H2,1-4H3;5-16H,1-4H3,(H,23,24)/b;20-14-. The van der Waals surface area contributed by atoms with Gasteiger partial charge in [-0.15, -0.1) is 0 Å². The number of aliphatic imine (C=N–C) groups is 1. The zero-order valence-corrected chi connectivity index (χ0v) is 31.5. The summed E-state index contributed by atoms with van der Waals surface area (Å²) in [4.78, 5) is 43.8. The van der Waals surface area contributed by atoms with E-state index in [4.69, 9.17) is 15.0 Å². The minimum Gasteiger partial charge on any atom is -0.339 e. The maximum absolute atomic E-state index is 13.0. The van der Waals surface area contributed by atoms with Crippen molar-refractivity contribution in [2.75, 3.05) is 0 Å². The highest BCUT2D eigenvalue weighted by molar-refractivity contribution is 6.10. The largest absolute Gasteiger partial charge is 0.339 e. The molecular formula is C44H50N6O2. The molecule has 0 atom stereocenters. The summed E-state index contributed by atoms with van der Waals surface area (Å²) >= 11 is 0. The first-order valence-electron chi connectivity index (χ1n) is 18.1. The van der Waals surface area contributed by atoms with Gasteiger partial charge in [0, 0.05) is 52.3 Å². The lowest BCUT2D eigenvalue weighted by molar-refractivity contribution is -0.134. The number of nitrogens with one attached hydrogen (secondary N) is 1. The Morgan fingerprint density at radius 3 is 1.79 bits per heavy atom. The number of fused-ring (bicyclic) bond motifs is 2. The Hall–Kier alpha value is -5.63. The molecule has 0 fully saturated rings. The molecule has 268 valence electrons. The van der Waals surface area contributed by atoms with Crippen LogP contribution in [0.4, 0.5) is 5.69 Å². The van der Waals surface area contributed by atoms with Crippen molar-refractivity contribution in [2.24, 2.45) is 4.99 Å². The number of nitrogens with zero attached hydrogens (tertiary/aromatic N) is 5. The van der Waals surface area contributed by atoms with E-state index in [1.54, 1.807) is 6.08 Å². The molecule has 8 heteroatoms. The van der Waals surface area contributed by atoms with Crippen LogP contribution in [0.2, 0.25) is 0 Å². The van der Waals surface area contributed by atoms with Gasteiger partial charge >= 0.3 is 0 Å². The van der Waals surface area contributed by atoms with Gasteiger partial charge in [-0.1, -0.05) is 97.1 Å². The second-order valence-electron chi connectivity index (χ2n) is 14.0. The highest BCUT2D eigenvalue weighted by Crippen LogP contribution is 2.30. The van der Waals surface area contributed by atoms with Crippen LogP contribution in [-0.2, 0) is 16.0 Å². The van der Waals surface area contributed by atoms with Gasteiger partial charge < -0.3 is 15.1 Å². The SMILES string of the molecule is CC(C)N(C(=O)/C=C1\NC(c2ccccc2)=Nc2ccccc21)C(C)C.CC(C)N(C(=O)Cc1nc(-c2ccccc2)nc2ccccc12)C(C)C. The number of rotatable bonds is 9. The molecule has 1 aliphatic rings. The van der Waals surface area contributed by atoms with Gasteiger partial charge in [0.25, 0.3) is 0 Å². The van der Waals surface area contributed by atoms with Crippen molar-refractivity contribution in [3.63, 3.8) is 0 Å². The minimum atomic E-state index is 0.00150. The van der Waals surface area contributed by atoms with Gasteiger partial charge in [-0.25, -0.2) is 15.0 Å². The Labute approximate surface area is 308 Å². The number of benzene rings is 4. The zero-order valence-electron chi connectivity index (χ0n) is 31.5. The second-order valence-corrected chi connectivity index (χ2v) is 14.0. The third-order valence-corrected chi connectivity index (χ3v) is 8.80. The van der Waals surface area contributed by atoms with E-state index in [2.05, 4.69) is 5.32 Å². The summed E-state index contributed by atoms with van der Waals surface area (Å²) in [6, 6.07) is 36.2. The summed E-state index contributed by atoms with van der Waals surface area (Å²) in [5.74, 6) is 1.51. The Morgan fingerprint density at radius 1 is 0.635 bits per heavy atom. The van der Waals surface area contributed by atoms with Crippen molar-refractivity contribution < 1.29 is 9.59 Å². The molecule has 52 heavy (non-hydrogen) atoms. The predicted octanol–water partition coefficient (Wildman–Crippen LogP) is 8.84. The van der Waals surface area contributed by atoms with Gasteiger partial charge in [0.05, 0.1) is 29.0 Å². The number of hydrogen-bond acceptors (Lipinski definition) is 6. The lowest BCUT2D eigenvalue weighted by Crippen LogP contribution is -2.43. The molecule has 4 aromatic carbocycles. The number of aromatic nitrogens is 2. The molecule has 1 N–H and O–H groups in total. The van der Waals surface area contributed by atoms with Crippen molar-refractivity contribution in [1.82, 2.24) is 25.1 Å². The first-order valence-corrected chi connectivity index (χ1v) is 18.1. The summed E-state index contributed by atoms with van der Waals surface area (Å²) in [6.45, 7) is 16.3. The quantitative estimate of drug-likeness (QED) is 0.156. The van der Waals surface area contributed by atoms with E-state index in [1.807, 2.05) is 174 Å². The summed E-state index contributed by atoms with van der Waals surface area (Å²) in [5.41, 5.74) is 6.18. The van der Waals surface area contributed by atoms with Crippen molar-refractivity contribution in [3.05, 3.63) is 132 Å². The molecule has 1 aromatic heterocycles. The van der Waals surface area contributed by atoms with Gasteiger partial charge in [0.1, 0.15) is 5.84 Å². The highest BCUT2D eigenvalue weighted by Gasteiger charge is 2.24. The van der Waals surface area contributed by atoms with Gasteiger partial charge in [0.15, 0.2) is 5.82 Å². The van der Waals surface area contributed by atoms with E-state index in [0.29, 0.717) is 5.82 Å². The van der Waals surface area contributed by atoms with Crippen LogP contribution >= 0.6 is 0 Å². The lowest BCUT2D eigenvalue weighted by atomic mass is 10.0. The Kier molecular flexibility index (Phi) is 12.3. The van der Waals surface area contributed by atoms with Crippen LogP contribution in [0.15, 0.2) is 120 Å². The van der Waals surface area contributed by atoms with Gasteiger partial charge in [0.2, 0.25) is 11.8 Å². The molecular weight excluding hydrogens is 645 g/mol. The monoisotopic (exact) mass is 694 g/mol. The fraction of sp³-hybridized carbons (Fsp3) is 0.295. The molecule has 6 rings (SSSR count). The summed E-state index contributed by atoms with van der Waals surface area (Å²) in [6.07, 6.45) is 1.97. The van der Waals surface area contributed by atoms with Crippen molar-refractivity contribution >= 4 is 39.9 Å². The van der Waals surface area contributed by atoms with E-state index >= 15 is 0 Å². The first-order chi connectivity index (χ1) is 24.9. The highest BCUT2D eigenvalue weighted by atomic mass is 16.2. The van der Waals surface area contributed by atoms with Crippen molar-refractivity contribution in [2.45, 2.75) is 86.0 Å². The van der Waals surface area contributed by atoms with E-state index in [1.165, 1.54) is 0 Å². The van der Waals surface area contributed by atoms with E-state index in [0.717, 1.165) is 50.5 Å². The lowest BCUT2D eigenvalue weighted by Gasteiger charge is -2.31. The minimum absolute atomic E-state index is 0.00150. The molecule has 0 saturated heterocycles. The fourth-order valence-corrected chi connectivity index (χ4v) is 6.69. The molecule has 0 aliphatic carbocycles. The van der Waals surface area contributed by atoms with Crippen molar-refractivity contribution in [1.29, 1.82) is 0 Å². The fourth-order valence-electron chi connectivity index (χ4n) is 6.69.